The first-order valence-electron chi connectivity index (χ1n) is 4.00. The van der Waals surface area contributed by atoms with Gasteiger partial charge < -0.3 is 4.90 Å². The molecule has 0 aromatic carbocycles. The zero-order valence-corrected chi connectivity index (χ0v) is 7.65. The highest BCUT2D eigenvalue weighted by Gasteiger charge is 1.88. The van der Waals surface area contributed by atoms with Gasteiger partial charge in [0.1, 0.15) is 0 Å². The second-order valence-electron chi connectivity index (χ2n) is 3.04. The summed E-state index contributed by atoms with van der Waals surface area (Å²) in [6.07, 6.45) is 6.04. The minimum atomic E-state index is 1.24. The minimum Gasteiger partial charge on any atom is -0.384 e. The third-order valence-corrected chi connectivity index (χ3v) is 1.40. The molecule has 0 spiro atoms. The predicted octanol–water partition coefficient (Wildman–Crippen LogP) is 2.64. The average Bonchev–Trinajstić information content (AvgIpc) is 1.82. The second kappa shape index (κ2) is 5.33. The van der Waals surface area contributed by atoms with Crippen LogP contribution in [0.25, 0.3) is 0 Å². The molecule has 60 valence electrons. The van der Waals surface area contributed by atoms with Gasteiger partial charge in [-0.2, -0.15) is 0 Å². The van der Waals surface area contributed by atoms with Gasteiger partial charge in [0.15, 0.2) is 0 Å². The van der Waals surface area contributed by atoms with Crippen molar-refractivity contribution in [1.29, 1.82) is 0 Å². The number of hydrogen-bond donors (Lipinski definition) is 0. The fourth-order valence-electron chi connectivity index (χ4n) is 0.961. The molecule has 0 saturated heterocycles. The van der Waals surface area contributed by atoms with Gasteiger partial charge in [0, 0.05) is 14.1 Å². The van der Waals surface area contributed by atoms with Crippen molar-refractivity contribution in [3.05, 3.63) is 11.8 Å². The van der Waals surface area contributed by atoms with Crippen molar-refractivity contribution < 1.29 is 0 Å². The fourth-order valence-corrected chi connectivity index (χ4v) is 0.961. The molecule has 0 unspecified atom stereocenters. The summed E-state index contributed by atoms with van der Waals surface area (Å²) in [6, 6.07) is 0. The van der Waals surface area contributed by atoms with Crippen LogP contribution in [-0.4, -0.2) is 19.0 Å². The van der Waals surface area contributed by atoms with Crippen LogP contribution >= 0.6 is 0 Å². The van der Waals surface area contributed by atoms with Crippen LogP contribution in [0.1, 0.15) is 33.1 Å². The van der Waals surface area contributed by atoms with Crippen LogP contribution in [0.5, 0.6) is 0 Å². The highest BCUT2D eigenvalue weighted by atomic mass is 15.0. The summed E-state index contributed by atoms with van der Waals surface area (Å²) in [6.45, 7) is 4.42. The first-order chi connectivity index (χ1) is 4.66. The summed E-state index contributed by atoms with van der Waals surface area (Å²) < 4.78 is 0. The Hall–Kier alpha value is -0.460. The van der Waals surface area contributed by atoms with Gasteiger partial charge in [0.05, 0.1) is 0 Å². The monoisotopic (exact) mass is 141 g/mol. The van der Waals surface area contributed by atoms with E-state index in [0.29, 0.717) is 0 Å². The van der Waals surface area contributed by atoms with Crippen molar-refractivity contribution in [2.45, 2.75) is 33.1 Å². The lowest BCUT2D eigenvalue weighted by Crippen LogP contribution is -2.01. The van der Waals surface area contributed by atoms with Crippen molar-refractivity contribution >= 4 is 0 Å². The summed E-state index contributed by atoms with van der Waals surface area (Å²) in [5.41, 5.74) is 1.48. The molecule has 0 heterocycles. The van der Waals surface area contributed by atoms with Gasteiger partial charge in [-0.25, -0.2) is 0 Å². The van der Waals surface area contributed by atoms with Crippen molar-refractivity contribution in [2.75, 3.05) is 14.1 Å². The Morgan fingerprint density at radius 2 is 2.00 bits per heavy atom. The van der Waals surface area contributed by atoms with E-state index < -0.39 is 0 Å². The molecule has 10 heavy (non-hydrogen) atoms. The third-order valence-electron chi connectivity index (χ3n) is 1.40. The van der Waals surface area contributed by atoms with E-state index in [1.54, 1.807) is 0 Å². The zero-order chi connectivity index (χ0) is 7.98. The molecule has 0 bridgehead atoms. The lowest BCUT2D eigenvalue weighted by Gasteiger charge is -2.07. The summed E-state index contributed by atoms with van der Waals surface area (Å²) >= 11 is 0. The van der Waals surface area contributed by atoms with Gasteiger partial charge in [0.2, 0.25) is 0 Å². The van der Waals surface area contributed by atoms with Crippen LogP contribution < -0.4 is 0 Å². The molecule has 0 N–H and O–H groups in total. The summed E-state index contributed by atoms with van der Waals surface area (Å²) in [4.78, 5) is 2.10. The van der Waals surface area contributed by atoms with Gasteiger partial charge in [-0.05, 0) is 26.0 Å². The fraction of sp³-hybridized carbons (Fsp3) is 0.778. The summed E-state index contributed by atoms with van der Waals surface area (Å²) in [5, 5.41) is 0. The molecule has 0 amide bonds. The Labute approximate surface area is 64.7 Å². The molecule has 0 aromatic rings. The maximum atomic E-state index is 2.23. The highest BCUT2D eigenvalue weighted by Crippen LogP contribution is 2.05. The molecule has 0 atom stereocenters. The third kappa shape index (κ3) is 5.67. The average molecular weight is 141 g/mol. The van der Waals surface area contributed by atoms with E-state index in [-0.39, 0.29) is 0 Å². The molecule has 0 rings (SSSR count). The normalized spacial score (nSPS) is 11.8. The molecule has 1 nitrogen and oxygen atoms in total. The van der Waals surface area contributed by atoms with E-state index in [4.69, 9.17) is 0 Å². The first kappa shape index (κ1) is 9.54. The zero-order valence-electron chi connectivity index (χ0n) is 7.65. The molecular weight excluding hydrogens is 122 g/mol. The number of unbranched alkanes of at least 4 members (excludes halogenated alkanes) is 1. The maximum absolute atomic E-state index is 2.23. The van der Waals surface area contributed by atoms with Crippen LogP contribution in [0.4, 0.5) is 0 Å². The van der Waals surface area contributed by atoms with E-state index >= 15 is 0 Å². The predicted molar refractivity (Wildman–Crippen MR) is 47.0 cm³/mol. The smallest absolute Gasteiger partial charge is 0.00556 e. The molecule has 0 radical (unpaired) electrons. The number of rotatable bonds is 4. The Kier molecular flexibility index (Phi) is 5.09. The molecule has 0 saturated carbocycles. The molecule has 0 fully saturated rings. The van der Waals surface area contributed by atoms with E-state index in [1.807, 2.05) is 0 Å². The van der Waals surface area contributed by atoms with E-state index in [2.05, 4.69) is 39.0 Å². The lowest BCUT2D eigenvalue weighted by molar-refractivity contribution is 0.553. The van der Waals surface area contributed by atoms with Crippen molar-refractivity contribution in [1.82, 2.24) is 4.90 Å². The first-order valence-corrected chi connectivity index (χ1v) is 4.00. The molecule has 0 aliphatic rings. The largest absolute Gasteiger partial charge is 0.384 e. The van der Waals surface area contributed by atoms with Crippen LogP contribution in [-0.2, 0) is 0 Å². The highest BCUT2D eigenvalue weighted by molar-refractivity contribution is 4.95. The van der Waals surface area contributed by atoms with Gasteiger partial charge in [0.25, 0.3) is 0 Å². The number of nitrogens with zero attached hydrogens (tertiary/aromatic N) is 1. The Morgan fingerprint density at radius 3 is 2.40 bits per heavy atom. The van der Waals surface area contributed by atoms with Crippen molar-refractivity contribution in [3.8, 4) is 0 Å². The van der Waals surface area contributed by atoms with Gasteiger partial charge in [-0.15, -0.1) is 0 Å². The minimum absolute atomic E-state index is 1.24. The molecule has 1 heteroatoms. The summed E-state index contributed by atoms with van der Waals surface area (Å²) in [5.74, 6) is 0. The van der Waals surface area contributed by atoms with Crippen LogP contribution in [0.15, 0.2) is 11.8 Å². The van der Waals surface area contributed by atoms with Crippen molar-refractivity contribution in [3.63, 3.8) is 0 Å². The van der Waals surface area contributed by atoms with Crippen LogP contribution in [0, 0.1) is 0 Å². The number of allylic oxidation sites excluding steroid dienone is 1. The van der Waals surface area contributed by atoms with E-state index in [1.165, 1.54) is 24.8 Å². The van der Waals surface area contributed by atoms with Gasteiger partial charge in [-0.1, -0.05) is 18.9 Å². The Morgan fingerprint density at radius 1 is 1.40 bits per heavy atom. The quantitative estimate of drug-likeness (QED) is 0.581. The van der Waals surface area contributed by atoms with E-state index in [0.717, 1.165) is 0 Å². The topological polar surface area (TPSA) is 3.24 Å². The molecule has 0 aromatic heterocycles. The Bertz CT molecular complexity index is 103. The van der Waals surface area contributed by atoms with E-state index in [9.17, 15) is 0 Å². The SMILES string of the molecule is CCCC/C(C)=C/N(C)C. The molecule has 0 aliphatic heterocycles. The van der Waals surface area contributed by atoms with Gasteiger partial charge >= 0.3 is 0 Å². The van der Waals surface area contributed by atoms with Crippen LogP contribution in [0.3, 0.4) is 0 Å². The lowest BCUT2D eigenvalue weighted by atomic mass is 10.1. The summed E-state index contributed by atoms with van der Waals surface area (Å²) in [7, 11) is 4.13. The number of hydrogen-bond acceptors (Lipinski definition) is 1. The molecular formula is C9H19N. The molecule has 0 aliphatic carbocycles. The van der Waals surface area contributed by atoms with Crippen LogP contribution in [0.2, 0.25) is 0 Å². The van der Waals surface area contributed by atoms with Crippen molar-refractivity contribution in [2.24, 2.45) is 0 Å². The maximum Gasteiger partial charge on any atom is 0.00556 e. The standard InChI is InChI=1S/C9H19N/c1-5-6-7-9(2)8-10(3)4/h8H,5-7H2,1-4H3/b9-8+. The Balaban J connectivity index is 3.49. The van der Waals surface area contributed by atoms with Gasteiger partial charge in [-0.3, -0.25) is 0 Å². The second-order valence-corrected chi connectivity index (χ2v) is 3.04.